The van der Waals surface area contributed by atoms with Gasteiger partial charge < -0.3 is 0 Å². The molecule has 3 aromatic rings. The lowest BCUT2D eigenvalue weighted by Gasteiger charge is -2.01. The number of hydrogen-bond donors (Lipinski definition) is 1. The Morgan fingerprint density at radius 2 is 1.89 bits per heavy atom. The lowest BCUT2D eigenvalue weighted by Crippen LogP contribution is -2.07. The minimum atomic E-state index is -0.304. The first kappa shape index (κ1) is 20.2. The van der Waals surface area contributed by atoms with Crippen molar-refractivity contribution in [3.05, 3.63) is 84.8 Å². The van der Waals surface area contributed by atoms with Gasteiger partial charge in [0.05, 0.1) is 20.1 Å². The van der Waals surface area contributed by atoms with Gasteiger partial charge in [0.15, 0.2) is 5.13 Å². The van der Waals surface area contributed by atoms with Gasteiger partial charge in [0.2, 0.25) is 5.91 Å². The van der Waals surface area contributed by atoms with E-state index in [9.17, 15) is 4.79 Å². The highest BCUT2D eigenvalue weighted by Gasteiger charge is 2.07. The Kier molecular flexibility index (Phi) is 6.79. The zero-order valence-corrected chi connectivity index (χ0v) is 17.5. The third-order valence-electron chi connectivity index (χ3n) is 3.54. The summed E-state index contributed by atoms with van der Waals surface area (Å²) >= 11 is 25.4. The van der Waals surface area contributed by atoms with E-state index in [-0.39, 0.29) is 5.91 Å². The fourth-order valence-corrected chi connectivity index (χ4v) is 3.80. The van der Waals surface area contributed by atoms with Gasteiger partial charge in [-0.1, -0.05) is 64.6 Å². The topological polar surface area (TPSA) is 42.0 Å². The highest BCUT2D eigenvalue weighted by Crippen LogP contribution is 2.27. The number of carbonyl (C=O) groups is 1. The highest BCUT2D eigenvalue weighted by atomic mass is 35.5. The Morgan fingerprint density at radius 1 is 1.07 bits per heavy atom. The number of nitrogens with one attached hydrogen (secondary N) is 1. The van der Waals surface area contributed by atoms with E-state index in [0.717, 1.165) is 10.4 Å². The summed E-state index contributed by atoms with van der Waals surface area (Å²) in [4.78, 5) is 17.3. The van der Waals surface area contributed by atoms with Crippen LogP contribution in [0.1, 0.15) is 16.0 Å². The summed E-state index contributed by atoms with van der Waals surface area (Å²) in [5.74, 6) is -0.304. The van der Waals surface area contributed by atoms with Gasteiger partial charge in [0, 0.05) is 23.6 Å². The molecule has 3 nitrogen and oxygen atoms in total. The van der Waals surface area contributed by atoms with E-state index in [4.69, 9.17) is 46.4 Å². The molecule has 0 aliphatic carbocycles. The van der Waals surface area contributed by atoms with E-state index < -0.39 is 0 Å². The molecule has 0 saturated carbocycles. The van der Waals surface area contributed by atoms with E-state index in [1.165, 1.54) is 17.4 Å². The number of halogens is 4. The highest BCUT2D eigenvalue weighted by molar-refractivity contribution is 7.15. The summed E-state index contributed by atoms with van der Waals surface area (Å²) in [5, 5.41) is 5.11. The van der Waals surface area contributed by atoms with E-state index in [0.29, 0.717) is 37.2 Å². The Morgan fingerprint density at radius 3 is 2.67 bits per heavy atom. The summed E-state index contributed by atoms with van der Waals surface area (Å²) in [6.45, 7) is 0. The van der Waals surface area contributed by atoms with Crippen LogP contribution in [-0.4, -0.2) is 10.9 Å². The van der Waals surface area contributed by atoms with Crippen LogP contribution < -0.4 is 5.32 Å². The Balaban J connectivity index is 1.63. The van der Waals surface area contributed by atoms with Crippen LogP contribution in [0.15, 0.2) is 48.7 Å². The maximum absolute atomic E-state index is 12.1. The third kappa shape index (κ3) is 5.47. The summed E-state index contributed by atoms with van der Waals surface area (Å²) in [6, 6.07) is 10.7. The van der Waals surface area contributed by atoms with Gasteiger partial charge >= 0.3 is 0 Å². The predicted molar refractivity (Wildman–Crippen MR) is 116 cm³/mol. The molecule has 0 unspecified atom stereocenters. The average molecular weight is 458 g/mol. The Hall–Kier alpha value is -1.56. The first-order valence-electron chi connectivity index (χ1n) is 7.74. The van der Waals surface area contributed by atoms with Crippen LogP contribution in [-0.2, 0) is 11.2 Å². The zero-order valence-electron chi connectivity index (χ0n) is 13.7. The second kappa shape index (κ2) is 9.09. The predicted octanol–water partition coefficient (Wildman–Crippen LogP) is 7.00. The molecule has 1 N–H and O–H groups in total. The van der Waals surface area contributed by atoms with Crippen LogP contribution in [0.5, 0.6) is 0 Å². The van der Waals surface area contributed by atoms with Crippen molar-refractivity contribution < 1.29 is 4.79 Å². The minimum Gasteiger partial charge on any atom is -0.298 e. The summed E-state index contributed by atoms with van der Waals surface area (Å²) in [5.41, 5.74) is 1.68. The smallest absolute Gasteiger partial charge is 0.250 e. The molecule has 0 aliphatic heterocycles. The molecular formula is C19H12Cl4N2OS. The van der Waals surface area contributed by atoms with Gasteiger partial charge in [-0.15, -0.1) is 11.3 Å². The molecule has 0 aliphatic rings. The molecular weight excluding hydrogens is 446 g/mol. The molecule has 8 heteroatoms. The van der Waals surface area contributed by atoms with Crippen molar-refractivity contribution in [2.75, 3.05) is 5.32 Å². The maximum Gasteiger partial charge on any atom is 0.250 e. The van der Waals surface area contributed by atoms with Crippen molar-refractivity contribution in [3.63, 3.8) is 0 Å². The molecule has 0 saturated heterocycles. The number of rotatable bonds is 5. The van der Waals surface area contributed by atoms with E-state index >= 15 is 0 Å². The molecule has 3 rings (SSSR count). The number of carbonyl (C=O) groups excluding carboxylic acids is 1. The zero-order chi connectivity index (χ0) is 19.4. The molecule has 0 atom stereocenters. The van der Waals surface area contributed by atoms with Gasteiger partial charge in [-0.25, -0.2) is 4.98 Å². The van der Waals surface area contributed by atoms with Crippen LogP contribution in [0.25, 0.3) is 6.08 Å². The van der Waals surface area contributed by atoms with E-state index in [1.807, 2.05) is 12.1 Å². The normalized spacial score (nSPS) is 11.1. The van der Waals surface area contributed by atoms with Crippen LogP contribution in [0, 0.1) is 0 Å². The van der Waals surface area contributed by atoms with Crippen LogP contribution in [0.4, 0.5) is 5.13 Å². The number of nitrogens with zero attached hydrogens (tertiary/aromatic N) is 1. The molecule has 27 heavy (non-hydrogen) atoms. The van der Waals surface area contributed by atoms with Gasteiger partial charge in [0.1, 0.15) is 0 Å². The van der Waals surface area contributed by atoms with Crippen molar-refractivity contribution in [1.29, 1.82) is 0 Å². The maximum atomic E-state index is 12.1. The lowest BCUT2D eigenvalue weighted by atomic mass is 10.1. The molecule has 2 aromatic carbocycles. The number of amides is 1. The average Bonchev–Trinajstić information content (AvgIpc) is 3.06. The van der Waals surface area contributed by atoms with Crippen LogP contribution in [0.3, 0.4) is 0 Å². The minimum absolute atomic E-state index is 0.304. The molecule has 138 valence electrons. The Bertz CT molecular complexity index is 1020. The van der Waals surface area contributed by atoms with Crippen LogP contribution >= 0.6 is 57.7 Å². The molecule has 1 aromatic heterocycles. The molecule has 1 amide bonds. The summed E-state index contributed by atoms with van der Waals surface area (Å²) in [6.07, 6.45) is 5.37. The van der Waals surface area contributed by atoms with Crippen LogP contribution in [0.2, 0.25) is 20.1 Å². The van der Waals surface area contributed by atoms with E-state index in [2.05, 4.69) is 10.3 Å². The summed E-state index contributed by atoms with van der Waals surface area (Å²) < 4.78 is 0. The first-order chi connectivity index (χ1) is 12.9. The number of aromatic nitrogens is 1. The molecule has 1 heterocycles. The fraction of sp³-hybridized carbons (Fsp3) is 0.0526. The lowest BCUT2D eigenvalue weighted by molar-refractivity contribution is -0.111. The number of benzene rings is 2. The van der Waals surface area contributed by atoms with Crippen molar-refractivity contribution >= 4 is 74.9 Å². The second-order valence-electron chi connectivity index (χ2n) is 5.52. The molecule has 0 fully saturated rings. The fourth-order valence-electron chi connectivity index (χ4n) is 2.26. The SMILES string of the molecule is O=C(/C=C\c1cccc(Cl)c1Cl)Nc1ncc(Cc2ccc(Cl)c(Cl)c2)s1. The number of anilines is 1. The van der Waals surface area contributed by atoms with Gasteiger partial charge in [-0.05, 0) is 35.4 Å². The van der Waals surface area contributed by atoms with Gasteiger partial charge in [-0.3, -0.25) is 10.1 Å². The Labute approximate surface area is 180 Å². The van der Waals surface area contributed by atoms with E-state index in [1.54, 1.807) is 36.5 Å². The van der Waals surface area contributed by atoms with Gasteiger partial charge in [0.25, 0.3) is 0 Å². The summed E-state index contributed by atoms with van der Waals surface area (Å²) in [7, 11) is 0. The van der Waals surface area contributed by atoms with Crippen molar-refractivity contribution in [2.24, 2.45) is 0 Å². The molecule has 0 bridgehead atoms. The molecule has 0 radical (unpaired) electrons. The largest absolute Gasteiger partial charge is 0.298 e. The third-order valence-corrected chi connectivity index (χ3v) is 6.03. The number of hydrogen-bond acceptors (Lipinski definition) is 3. The monoisotopic (exact) mass is 456 g/mol. The second-order valence-corrected chi connectivity index (χ2v) is 8.24. The van der Waals surface area contributed by atoms with Crippen molar-refractivity contribution in [2.45, 2.75) is 6.42 Å². The van der Waals surface area contributed by atoms with Gasteiger partial charge in [-0.2, -0.15) is 0 Å². The number of thiazole rings is 1. The standard InChI is InChI=1S/C19H12Cl4N2OS/c20-14-6-4-11(9-16(14)22)8-13-10-24-19(27-13)25-17(26)7-5-12-2-1-3-15(21)18(12)23/h1-7,9-10H,8H2,(H,24,25,26)/b7-5-. The van der Waals surface area contributed by atoms with Crippen molar-refractivity contribution in [1.82, 2.24) is 4.98 Å². The quantitative estimate of drug-likeness (QED) is 0.419. The first-order valence-corrected chi connectivity index (χ1v) is 10.1. The van der Waals surface area contributed by atoms with Crippen molar-refractivity contribution in [3.8, 4) is 0 Å². The molecule has 0 spiro atoms.